The molecule has 0 aromatic heterocycles. The Morgan fingerprint density at radius 2 is 1.58 bits per heavy atom. The van der Waals surface area contributed by atoms with Crippen LogP contribution in [0.5, 0.6) is 0 Å². The third-order valence-electron chi connectivity index (χ3n) is 10.0. The molecule has 1 aromatic carbocycles. The zero-order valence-corrected chi connectivity index (χ0v) is 24.5. The Hall–Kier alpha value is -0.899. The molecule has 0 spiro atoms. The summed E-state index contributed by atoms with van der Waals surface area (Å²) < 4.78 is 5.61. The van der Waals surface area contributed by atoms with E-state index in [1.165, 1.54) is 41.2 Å². The second-order valence-corrected chi connectivity index (χ2v) is 24.0. The van der Waals surface area contributed by atoms with E-state index in [9.17, 15) is 4.79 Å². The van der Waals surface area contributed by atoms with Gasteiger partial charge in [-0.2, -0.15) is 0 Å². The van der Waals surface area contributed by atoms with Gasteiger partial charge in [-0.1, -0.05) is 0 Å². The standard InChI is InChI=1S/C13H21NO.C9H13.C7H9Si.Ti/c1-11-3-9-4-12(2,6-11)8-13(5-9,7-11)10(14)15;1-6-5-7(2)9(4)8(6)3;1-8-7-5-3-2-4-6-7;/h9H,3-8H2,1-2H3,(H2,14,15);6H,1-4H3;2-6,8H,1H3;/q;;;+1/p-1. The van der Waals surface area contributed by atoms with Crippen LogP contribution in [0.1, 0.15) is 80.1 Å². The van der Waals surface area contributed by atoms with Gasteiger partial charge in [0.2, 0.25) is 0 Å². The van der Waals surface area contributed by atoms with Gasteiger partial charge < -0.3 is 0 Å². The summed E-state index contributed by atoms with van der Waals surface area (Å²) in [7, 11) is 0. The molecule has 2 nitrogen and oxygen atoms in total. The van der Waals surface area contributed by atoms with Gasteiger partial charge in [0.25, 0.3) is 0 Å². The summed E-state index contributed by atoms with van der Waals surface area (Å²) in [5, 5.41) is 1.52. The third kappa shape index (κ3) is 3.91. The predicted octanol–water partition coefficient (Wildman–Crippen LogP) is 6.15. The Kier molecular flexibility index (Phi) is 5.82. The SMILES string of the molecule is CC1=C(C)C(C)[C]([Ti]([NH]C(=O)C23CC4CC(C)(CC(C)(C4)C2)C3)[SiH](C)c2ccccc2)=C1C. The van der Waals surface area contributed by atoms with E-state index < -0.39 is 24.0 Å². The average Bonchev–Trinajstić information content (AvgIpc) is 2.92. The van der Waals surface area contributed by atoms with Gasteiger partial charge in [0.05, 0.1) is 0 Å². The van der Waals surface area contributed by atoms with Crippen LogP contribution < -0.4 is 8.99 Å². The van der Waals surface area contributed by atoms with Crippen LogP contribution in [0.15, 0.2) is 50.9 Å². The molecule has 4 saturated carbocycles. The molecule has 6 rings (SSSR count). The second kappa shape index (κ2) is 8.07. The van der Waals surface area contributed by atoms with Crippen molar-refractivity contribution in [3.8, 4) is 0 Å². The molecule has 0 radical (unpaired) electrons. The number of amides is 1. The third-order valence-corrected chi connectivity index (χ3v) is 22.7. The van der Waals surface area contributed by atoms with Crippen molar-refractivity contribution in [1.29, 1.82) is 0 Å². The molecule has 4 atom stereocenters. The van der Waals surface area contributed by atoms with Gasteiger partial charge in [-0.25, -0.2) is 0 Å². The fraction of sp³-hybridized carbons (Fsp3) is 0.621. The molecule has 33 heavy (non-hydrogen) atoms. The minimum atomic E-state index is -2.02. The summed E-state index contributed by atoms with van der Waals surface area (Å²) >= 11 is -2.02. The molecule has 4 heteroatoms. The number of carbonyl (C=O) groups is 1. The number of hydrogen-bond acceptors (Lipinski definition) is 1. The van der Waals surface area contributed by atoms with E-state index in [0.717, 1.165) is 25.2 Å². The maximum atomic E-state index is 14.4. The van der Waals surface area contributed by atoms with Crippen molar-refractivity contribution in [2.24, 2.45) is 28.1 Å². The Morgan fingerprint density at radius 3 is 2.09 bits per heavy atom. The molecule has 4 bridgehead atoms. The average molecular weight is 497 g/mol. The van der Waals surface area contributed by atoms with E-state index in [0.29, 0.717) is 22.7 Å². The molecule has 5 aliphatic rings. The quantitative estimate of drug-likeness (QED) is 0.487. The molecular weight excluding hydrogens is 454 g/mol. The van der Waals surface area contributed by atoms with E-state index in [2.05, 4.69) is 82.2 Å². The van der Waals surface area contributed by atoms with Crippen molar-refractivity contribution in [1.82, 2.24) is 3.80 Å². The normalized spacial score (nSPS) is 38.2. The number of nitrogens with one attached hydrogen (secondary N) is 1. The van der Waals surface area contributed by atoms with Crippen molar-refractivity contribution in [2.45, 2.75) is 86.6 Å². The molecular formula is C29H42NOSiTi. The number of rotatable bonds is 5. The maximum absolute atomic E-state index is 14.4. The first-order chi connectivity index (χ1) is 15.5. The molecule has 4 fully saturated rings. The molecule has 177 valence electrons. The van der Waals surface area contributed by atoms with E-state index >= 15 is 0 Å². The van der Waals surface area contributed by atoms with Crippen LogP contribution in [0.25, 0.3) is 0 Å². The number of benzene rings is 1. The van der Waals surface area contributed by atoms with Crippen molar-refractivity contribution < 1.29 is 22.2 Å². The van der Waals surface area contributed by atoms with Crippen LogP contribution in [0.3, 0.4) is 0 Å². The molecule has 4 unspecified atom stereocenters. The number of allylic oxidation sites excluding steroid dienone is 4. The molecule has 0 saturated heterocycles. The molecule has 1 N–H and O–H groups in total. The van der Waals surface area contributed by atoms with Crippen LogP contribution in [0.2, 0.25) is 6.55 Å². The van der Waals surface area contributed by atoms with Crippen LogP contribution >= 0.6 is 0 Å². The first-order valence-corrected chi connectivity index (χ1v) is 19.7. The van der Waals surface area contributed by atoms with E-state index in [1.54, 1.807) is 3.88 Å². The summed E-state index contributed by atoms with van der Waals surface area (Å²) in [5.74, 6) is 1.70. The number of hydrogen-bond donors (Lipinski definition) is 1. The first kappa shape index (κ1) is 23.8. The topological polar surface area (TPSA) is 29.1 Å². The number of carbonyl (C=O) groups excluding carboxylic acids is 1. The van der Waals surface area contributed by atoms with Crippen molar-refractivity contribution in [2.75, 3.05) is 0 Å². The fourth-order valence-corrected chi connectivity index (χ4v) is 22.0. The van der Waals surface area contributed by atoms with Gasteiger partial charge in [0.15, 0.2) is 0 Å². The summed E-state index contributed by atoms with van der Waals surface area (Å²) in [6.45, 7) is 15.5. The summed E-state index contributed by atoms with van der Waals surface area (Å²) in [6, 6.07) is 11.1. The van der Waals surface area contributed by atoms with Crippen molar-refractivity contribution in [3.05, 3.63) is 50.9 Å². The van der Waals surface area contributed by atoms with Gasteiger partial charge in [-0.15, -0.1) is 0 Å². The fourth-order valence-electron chi connectivity index (χ4n) is 9.07. The minimum absolute atomic E-state index is 0.111. The molecule has 1 amide bonds. The van der Waals surface area contributed by atoms with Crippen molar-refractivity contribution >= 4 is 17.8 Å². The first-order valence-electron chi connectivity index (χ1n) is 13.1. The van der Waals surface area contributed by atoms with Gasteiger partial charge >= 0.3 is 209 Å². The Bertz CT molecular complexity index is 1020. The predicted molar refractivity (Wildman–Crippen MR) is 137 cm³/mol. The Morgan fingerprint density at radius 1 is 0.970 bits per heavy atom. The van der Waals surface area contributed by atoms with Crippen molar-refractivity contribution in [3.63, 3.8) is 0 Å². The summed E-state index contributed by atoms with van der Waals surface area (Å²) in [5.41, 5.74) is 5.12. The Labute approximate surface area is 208 Å². The van der Waals surface area contributed by atoms with E-state index in [1.807, 2.05) is 0 Å². The summed E-state index contributed by atoms with van der Waals surface area (Å²) in [4.78, 5) is 14.4. The van der Waals surface area contributed by atoms with Gasteiger partial charge in [0, 0.05) is 0 Å². The zero-order chi connectivity index (χ0) is 23.8. The summed E-state index contributed by atoms with van der Waals surface area (Å²) in [6.07, 6.45) is 7.40. The zero-order valence-electron chi connectivity index (χ0n) is 21.8. The molecule has 0 aliphatic heterocycles. The van der Waals surface area contributed by atoms with Gasteiger partial charge in [-0.05, 0) is 0 Å². The van der Waals surface area contributed by atoms with E-state index in [4.69, 9.17) is 0 Å². The Balaban J connectivity index is 1.50. The van der Waals surface area contributed by atoms with E-state index in [-0.39, 0.29) is 5.41 Å². The van der Waals surface area contributed by atoms with Gasteiger partial charge in [0.1, 0.15) is 0 Å². The molecule has 5 aliphatic carbocycles. The monoisotopic (exact) mass is 496 g/mol. The van der Waals surface area contributed by atoms with Gasteiger partial charge in [-0.3, -0.25) is 0 Å². The van der Waals surface area contributed by atoms with Crippen LogP contribution in [0, 0.1) is 28.1 Å². The van der Waals surface area contributed by atoms with Crippen LogP contribution in [0.4, 0.5) is 0 Å². The molecule has 1 aromatic rings. The molecule has 0 heterocycles. The second-order valence-electron chi connectivity index (χ2n) is 13.0. The van der Waals surface area contributed by atoms with Crippen LogP contribution in [-0.4, -0.2) is 12.6 Å². The van der Waals surface area contributed by atoms with Crippen LogP contribution in [-0.2, 0) is 22.2 Å².